The quantitative estimate of drug-likeness (QED) is 0.671. The highest BCUT2D eigenvalue weighted by atomic mass is 16.2. The number of para-hydroxylation sites is 1. The Balaban J connectivity index is 1.29. The van der Waals surface area contributed by atoms with Crippen LogP contribution in [0.4, 0.5) is 0 Å². The SMILES string of the molecule is CC1(C)CC(=O)c2cc(C(=O)N3CCN(Cc4cccc5cccnc45)CC3)c(=O)[nH]c2C1. The molecule has 0 bridgehead atoms. The number of aromatic amines is 1. The van der Waals surface area contributed by atoms with E-state index in [0.717, 1.165) is 17.4 Å². The topological polar surface area (TPSA) is 86.4 Å². The lowest BCUT2D eigenvalue weighted by atomic mass is 9.75. The lowest BCUT2D eigenvalue weighted by molar-refractivity contribution is 0.0627. The standard InChI is InChI=1S/C26H28N4O3/c1-26(2)14-21-19(22(31)15-26)13-20(24(32)28-21)25(33)30-11-9-29(10-12-30)16-18-6-3-5-17-7-4-8-27-23(17)18/h3-8,13H,9-12,14-16H2,1-2H3,(H,28,32). The fourth-order valence-electron chi connectivity index (χ4n) is 5.00. The lowest BCUT2D eigenvalue weighted by Crippen LogP contribution is -2.49. The van der Waals surface area contributed by atoms with Gasteiger partial charge in [0, 0.05) is 62.0 Å². The van der Waals surface area contributed by atoms with Gasteiger partial charge in [0.2, 0.25) is 0 Å². The Morgan fingerprint density at radius 2 is 1.82 bits per heavy atom. The molecule has 1 aromatic carbocycles. The van der Waals surface area contributed by atoms with Crippen molar-refractivity contribution in [2.45, 2.75) is 33.2 Å². The van der Waals surface area contributed by atoms with Gasteiger partial charge in [0.1, 0.15) is 5.56 Å². The molecule has 0 saturated carbocycles. The van der Waals surface area contributed by atoms with Crippen molar-refractivity contribution in [2.75, 3.05) is 26.2 Å². The number of Topliss-reactive ketones (excluding diaryl/α,β-unsaturated/α-hetero) is 1. The van der Waals surface area contributed by atoms with Crippen LogP contribution in [-0.2, 0) is 13.0 Å². The summed E-state index contributed by atoms with van der Waals surface area (Å²) in [5.74, 6) is -0.316. The van der Waals surface area contributed by atoms with Crippen molar-refractivity contribution in [3.8, 4) is 0 Å². The monoisotopic (exact) mass is 444 g/mol. The molecule has 3 heterocycles. The Bertz CT molecular complexity index is 1300. The van der Waals surface area contributed by atoms with Gasteiger partial charge in [-0.05, 0) is 29.5 Å². The molecule has 0 unspecified atom stereocenters. The van der Waals surface area contributed by atoms with Gasteiger partial charge < -0.3 is 9.88 Å². The van der Waals surface area contributed by atoms with Crippen molar-refractivity contribution in [2.24, 2.45) is 5.41 Å². The minimum absolute atomic E-state index is 0.0138. The van der Waals surface area contributed by atoms with Crippen LogP contribution >= 0.6 is 0 Å². The van der Waals surface area contributed by atoms with Gasteiger partial charge in [-0.2, -0.15) is 0 Å². The van der Waals surface area contributed by atoms with Gasteiger partial charge in [-0.1, -0.05) is 38.1 Å². The van der Waals surface area contributed by atoms with Gasteiger partial charge in [0.05, 0.1) is 5.52 Å². The highest BCUT2D eigenvalue weighted by molar-refractivity contribution is 6.02. The van der Waals surface area contributed by atoms with E-state index in [-0.39, 0.29) is 22.7 Å². The Kier molecular flexibility index (Phi) is 5.37. The molecule has 1 fully saturated rings. The van der Waals surface area contributed by atoms with Crippen molar-refractivity contribution >= 4 is 22.6 Å². The fourth-order valence-corrected chi connectivity index (χ4v) is 5.00. The highest BCUT2D eigenvalue weighted by Crippen LogP contribution is 2.33. The average molecular weight is 445 g/mol. The second-order valence-corrected chi connectivity index (χ2v) is 9.91. The van der Waals surface area contributed by atoms with E-state index in [1.165, 1.54) is 11.6 Å². The van der Waals surface area contributed by atoms with Gasteiger partial charge in [0.15, 0.2) is 5.78 Å². The molecular formula is C26H28N4O3. The van der Waals surface area contributed by atoms with Gasteiger partial charge in [-0.15, -0.1) is 0 Å². The van der Waals surface area contributed by atoms with Crippen molar-refractivity contribution in [1.82, 2.24) is 19.8 Å². The number of H-pyrrole nitrogens is 1. The van der Waals surface area contributed by atoms with Gasteiger partial charge in [-0.3, -0.25) is 24.3 Å². The molecule has 170 valence electrons. The number of fused-ring (bicyclic) bond motifs is 2. The maximum atomic E-state index is 13.1. The maximum Gasteiger partial charge on any atom is 0.261 e. The third-order valence-electron chi connectivity index (χ3n) is 6.72. The van der Waals surface area contributed by atoms with Crippen LogP contribution in [0.1, 0.15) is 52.2 Å². The molecule has 5 rings (SSSR count). The van der Waals surface area contributed by atoms with E-state index in [4.69, 9.17) is 0 Å². The molecular weight excluding hydrogens is 416 g/mol. The van der Waals surface area contributed by atoms with Crippen LogP contribution in [0.2, 0.25) is 0 Å². The second-order valence-electron chi connectivity index (χ2n) is 9.91. The summed E-state index contributed by atoms with van der Waals surface area (Å²) >= 11 is 0. The zero-order valence-electron chi connectivity index (χ0n) is 19.1. The van der Waals surface area contributed by atoms with Crippen molar-refractivity contribution < 1.29 is 9.59 Å². The molecule has 0 radical (unpaired) electrons. The first kappa shape index (κ1) is 21.5. The zero-order chi connectivity index (χ0) is 23.2. The second kappa shape index (κ2) is 8.23. The van der Waals surface area contributed by atoms with E-state index in [2.05, 4.69) is 33.1 Å². The Hall–Kier alpha value is -3.32. The first-order valence-electron chi connectivity index (χ1n) is 11.4. The molecule has 1 aliphatic carbocycles. The number of rotatable bonds is 3. The molecule has 0 atom stereocenters. The number of carbonyl (C=O) groups is 2. The largest absolute Gasteiger partial charge is 0.336 e. The summed E-state index contributed by atoms with van der Waals surface area (Å²) in [5, 5.41) is 1.12. The Morgan fingerprint density at radius 1 is 1.06 bits per heavy atom. The van der Waals surface area contributed by atoms with E-state index in [0.29, 0.717) is 50.3 Å². The third-order valence-corrected chi connectivity index (χ3v) is 6.72. The van der Waals surface area contributed by atoms with E-state index in [9.17, 15) is 14.4 Å². The number of benzene rings is 1. The molecule has 7 nitrogen and oxygen atoms in total. The van der Waals surface area contributed by atoms with Crippen molar-refractivity contribution in [3.05, 3.63) is 75.3 Å². The number of aromatic nitrogens is 2. The molecule has 1 saturated heterocycles. The molecule has 2 aromatic heterocycles. The van der Waals surface area contributed by atoms with E-state index in [1.807, 2.05) is 32.2 Å². The van der Waals surface area contributed by atoms with E-state index < -0.39 is 5.56 Å². The van der Waals surface area contributed by atoms with Crippen LogP contribution in [0, 0.1) is 5.41 Å². The zero-order valence-corrected chi connectivity index (χ0v) is 19.1. The number of ketones is 1. The average Bonchev–Trinajstić information content (AvgIpc) is 2.78. The van der Waals surface area contributed by atoms with Crippen molar-refractivity contribution in [3.63, 3.8) is 0 Å². The minimum Gasteiger partial charge on any atom is -0.336 e. The minimum atomic E-state index is -0.409. The first-order valence-corrected chi connectivity index (χ1v) is 11.4. The number of hydrogen-bond donors (Lipinski definition) is 1. The van der Waals surface area contributed by atoms with Crippen LogP contribution in [0.25, 0.3) is 10.9 Å². The molecule has 33 heavy (non-hydrogen) atoms. The number of amides is 1. The van der Waals surface area contributed by atoms with Crippen molar-refractivity contribution in [1.29, 1.82) is 0 Å². The van der Waals surface area contributed by atoms with Gasteiger partial charge in [0.25, 0.3) is 11.5 Å². The Labute approximate surface area is 192 Å². The number of nitrogens with one attached hydrogen (secondary N) is 1. The molecule has 1 aliphatic heterocycles. The third kappa shape index (κ3) is 4.20. The summed E-state index contributed by atoms with van der Waals surface area (Å²) in [7, 11) is 0. The maximum absolute atomic E-state index is 13.1. The van der Waals surface area contributed by atoms with Crippen LogP contribution in [-0.4, -0.2) is 57.6 Å². The summed E-state index contributed by atoms with van der Waals surface area (Å²) in [6.45, 7) is 7.29. The molecule has 1 N–H and O–H groups in total. The Morgan fingerprint density at radius 3 is 2.61 bits per heavy atom. The number of piperazine rings is 1. The summed E-state index contributed by atoms with van der Waals surface area (Å²) in [6, 6.07) is 11.7. The molecule has 0 spiro atoms. The molecule has 2 aliphatic rings. The summed E-state index contributed by atoms with van der Waals surface area (Å²) in [6.07, 6.45) is 2.85. The van der Waals surface area contributed by atoms with Gasteiger partial charge in [-0.25, -0.2) is 0 Å². The normalized spacial score (nSPS) is 18.4. The van der Waals surface area contributed by atoms with E-state index in [1.54, 1.807) is 4.90 Å². The summed E-state index contributed by atoms with van der Waals surface area (Å²) in [5.41, 5.74) is 2.77. The van der Waals surface area contributed by atoms with Crippen LogP contribution in [0.15, 0.2) is 47.4 Å². The number of carbonyl (C=O) groups excluding carboxylic acids is 2. The lowest BCUT2D eigenvalue weighted by Gasteiger charge is -2.35. The number of hydrogen-bond acceptors (Lipinski definition) is 5. The molecule has 7 heteroatoms. The fraction of sp³-hybridized carbons (Fsp3) is 0.385. The highest BCUT2D eigenvalue weighted by Gasteiger charge is 2.33. The first-order chi connectivity index (χ1) is 15.8. The van der Waals surface area contributed by atoms with Crippen LogP contribution in [0.5, 0.6) is 0 Å². The smallest absolute Gasteiger partial charge is 0.261 e. The molecule has 3 aromatic rings. The summed E-state index contributed by atoms with van der Waals surface area (Å²) < 4.78 is 0. The number of nitrogens with zero attached hydrogens (tertiary/aromatic N) is 3. The number of pyridine rings is 2. The van der Waals surface area contributed by atoms with E-state index >= 15 is 0 Å². The predicted octanol–water partition coefficient (Wildman–Crippen LogP) is 3.04. The molecule has 1 amide bonds. The van der Waals surface area contributed by atoms with Crippen LogP contribution in [0.3, 0.4) is 0 Å². The predicted molar refractivity (Wildman–Crippen MR) is 126 cm³/mol. The van der Waals surface area contributed by atoms with Gasteiger partial charge >= 0.3 is 0 Å². The van der Waals surface area contributed by atoms with Crippen LogP contribution < -0.4 is 5.56 Å². The summed E-state index contributed by atoms with van der Waals surface area (Å²) in [4.78, 5) is 49.8.